The van der Waals surface area contributed by atoms with Crippen molar-refractivity contribution in [3.63, 3.8) is 0 Å². The molecule has 0 atom stereocenters. The standard InChI is InChI=1S/C10H14/c1-5-8-10(7-3)9(4)6-2/h5,7H,3-4,6H2,1-2H3. The van der Waals surface area contributed by atoms with E-state index < -0.39 is 0 Å². The Morgan fingerprint density at radius 1 is 1.60 bits per heavy atom. The lowest BCUT2D eigenvalue weighted by molar-refractivity contribution is 1.14. The van der Waals surface area contributed by atoms with Crippen molar-refractivity contribution in [2.75, 3.05) is 0 Å². The minimum atomic E-state index is 0.961. The molecule has 0 heterocycles. The molecular formula is C10H14. The smallest absolute Gasteiger partial charge is 0.0181 e. The third kappa shape index (κ3) is 2.52. The van der Waals surface area contributed by atoms with E-state index >= 15 is 0 Å². The first kappa shape index (κ1) is 9.00. The Morgan fingerprint density at radius 2 is 2.20 bits per heavy atom. The Kier molecular flexibility index (Phi) is 4.36. The largest absolute Gasteiger partial charge is 0.117 e. The van der Waals surface area contributed by atoms with Crippen molar-refractivity contribution in [1.82, 2.24) is 0 Å². The lowest BCUT2D eigenvalue weighted by atomic mass is 10.1. The van der Waals surface area contributed by atoms with Gasteiger partial charge in [0.25, 0.3) is 0 Å². The van der Waals surface area contributed by atoms with Crippen LogP contribution in [0.15, 0.2) is 42.2 Å². The minimum Gasteiger partial charge on any atom is -0.117 e. The van der Waals surface area contributed by atoms with Crippen LogP contribution in [0.2, 0.25) is 0 Å². The minimum absolute atomic E-state index is 0.961. The molecule has 0 saturated carbocycles. The van der Waals surface area contributed by atoms with Crippen LogP contribution in [0, 0.1) is 0 Å². The first-order chi connectivity index (χ1) is 4.76. The molecule has 0 radical (unpaired) electrons. The molecule has 0 nitrogen and oxygen atoms in total. The normalized spacial score (nSPS) is 7.80. The molecule has 0 saturated heterocycles. The van der Waals surface area contributed by atoms with E-state index in [4.69, 9.17) is 0 Å². The van der Waals surface area contributed by atoms with Crippen LogP contribution in [0.1, 0.15) is 20.3 Å². The van der Waals surface area contributed by atoms with Crippen molar-refractivity contribution in [2.24, 2.45) is 0 Å². The van der Waals surface area contributed by atoms with Gasteiger partial charge in [0.1, 0.15) is 0 Å². The quantitative estimate of drug-likeness (QED) is 0.410. The third-order valence-corrected chi connectivity index (χ3v) is 1.31. The van der Waals surface area contributed by atoms with Crippen molar-refractivity contribution in [3.05, 3.63) is 42.2 Å². The second-order valence-corrected chi connectivity index (χ2v) is 2.01. The van der Waals surface area contributed by atoms with Crippen molar-refractivity contribution in [3.8, 4) is 0 Å². The van der Waals surface area contributed by atoms with E-state index in [1.165, 1.54) is 0 Å². The molecule has 0 aliphatic carbocycles. The van der Waals surface area contributed by atoms with Gasteiger partial charge in [-0.1, -0.05) is 26.2 Å². The van der Waals surface area contributed by atoms with Gasteiger partial charge in [0.05, 0.1) is 0 Å². The Hall–Kier alpha value is -1.00. The fourth-order valence-corrected chi connectivity index (χ4v) is 0.651. The highest BCUT2D eigenvalue weighted by atomic mass is 14.0. The van der Waals surface area contributed by atoms with E-state index in [0.29, 0.717) is 0 Å². The van der Waals surface area contributed by atoms with E-state index in [2.05, 4.69) is 25.8 Å². The maximum atomic E-state index is 3.87. The zero-order chi connectivity index (χ0) is 7.98. The van der Waals surface area contributed by atoms with Gasteiger partial charge < -0.3 is 0 Å². The molecule has 0 aliphatic heterocycles. The molecule has 0 heteroatoms. The van der Waals surface area contributed by atoms with Crippen LogP contribution in [0.4, 0.5) is 0 Å². The highest BCUT2D eigenvalue weighted by molar-refractivity contribution is 5.35. The predicted octanol–water partition coefficient (Wildman–Crippen LogP) is 3.24. The topological polar surface area (TPSA) is 0 Å². The Balaban J connectivity index is 4.53. The zero-order valence-electron chi connectivity index (χ0n) is 6.78. The molecule has 0 aromatic rings. The summed E-state index contributed by atoms with van der Waals surface area (Å²) in [6.07, 6.45) is 4.62. The molecule has 0 amide bonds. The first-order valence-corrected chi connectivity index (χ1v) is 3.48. The molecule has 0 unspecified atom stereocenters. The Labute approximate surface area is 63.3 Å². The second-order valence-electron chi connectivity index (χ2n) is 2.01. The van der Waals surface area contributed by atoms with Gasteiger partial charge in [-0.15, -0.1) is 5.73 Å². The van der Waals surface area contributed by atoms with Gasteiger partial charge in [0.15, 0.2) is 0 Å². The monoisotopic (exact) mass is 134 g/mol. The van der Waals surface area contributed by atoms with Crippen LogP contribution in [0.25, 0.3) is 0 Å². The van der Waals surface area contributed by atoms with Crippen molar-refractivity contribution >= 4 is 0 Å². The van der Waals surface area contributed by atoms with Gasteiger partial charge in [-0.05, 0) is 25.0 Å². The Bertz CT molecular complexity index is 188. The van der Waals surface area contributed by atoms with E-state index in [9.17, 15) is 0 Å². The summed E-state index contributed by atoms with van der Waals surface area (Å²) in [5.41, 5.74) is 5.17. The lowest BCUT2D eigenvalue weighted by Gasteiger charge is -1.97. The number of allylic oxidation sites excluding steroid dienone is 3. The molecule has 0 aromatic heterocycles. The van der Waals surface area contributed by atoms with Crippen LogP contribution in [0.3, 0.4) is 0 Å². The lowest BCUT2D eigenvalue weighted by Crippen LogP contribution is -1.78. The summed E-state index contributed by atoms with van der Waals surface area (Å²) in [5.74, 6) is 0. The second kappa shape index (κ2) is 4.84. The van der Waals surface area contributed by atoms with Gasteiger partial charge in [0, 0.05) is 5.57 Å². The maximum Gasteiger partial charge on any atom is 0.0181 e. The molecule has 10 heavy (non-hydrogen) atoms. The molecule has 0 N–H and O–H groups in total. The van der Waals surface area contributed by atoms with Gasteiger partial charge in [-0.2, -0.15) is 0 Å². The molecule has 0 fully saturated rings. The summed E-state index contributed by atoms with van der Waals surface area (Å²) in [6, 6.07) is 0. The zero-order valence-corrected chi connectivity index (χ0v) is 6.78. The predicted molar refractivity (Wildman–Crippen MR) is 46.9 cm³/mol. The highest BCUT2D eigenvalue weighted by Crippen LogP contribution is 2.09. The summed E-state index contributed by atoms with van der Waals surface area (Å²) < 4.78 is 0. The molecule has 0 rings (SSSR count). The summed E-state index contributed by atoms with van der Waals surface area (Å²) in [7, 11) is 0. The average molecular weight is 134 g/mol. The SMILES string of the molecule is C=CC(=C=CC)C(=C)CC. The van der Waals surface area contributed by atoms with Crippen LogP contribution >= 0.6 is 0 Å². The van der Waals surface area contributed by atoms with E-state index in [1.54, 1.807) is 6.08 Å². The molecule has 54 valence electrons. The van der Waals surface area contributed by atoms with Crippen molar-refractivity contribution in [1.29, 1.82) is 0 Å². The van der Waals surface area contributed by atoms with E-state index in [-0.39, 0.29) is 0 Å². The third-order valence-electron chi connectivity index (χ3n) is 1.31. The molecule has 0 aromatic carbocycles. The van der Waals surface area contributed by atoms with Crippen LogP contribution in [-0.4, -0.2) is 0 Å². The fraction of sp³-hybridized carbons (Fsp3) is 0.300. The van der Waals surface area contributed by atoms with E-state index in [1.807, 2.05) is 13.0 Å². The maximum absolute atomic E-state index is 3.87. The molecular weight excluding hydrogens is 120 g/mol. The van der Waals surface area contributed by atoms with Crippen molar-refractivity contribution < 1.29 is 0 Å². The molecule has 0 aliphatic rings. The van der Waals surface area contributed by atoms with Gasteiger partial charge in [-0.3, -0.25) is 0 Å². The highest BCUT2D eigenvalue weighted by Gasteiger charge is 1.91. The first-order valence-electron chi connectivity index (χ1n) is 3.48. The molecule has 0 spiro atoms. The van der Waals surface area contributed by atoms with Crippen LogP contribution in [-0.2, 0) is 0 Å². The van der Waals surface area contributed by atoms with Gasteiger partial charge in [-0.25, -0.2) is 0 Å². The van der Waals surface area contributed by atoms with Gasteiger partial charge >= 0.3 is 0 Å². The number of hydrogen-bond acceptors (Lipinski definition) is 0. The summed E-state index contributed by atoms with van der Waals surface area (Å²) in [4.78, 5) is 0. The Morgan fingerprint density at radius 3 is 2.50 bits per heavy atom. The number of rotatable bonds is 3. The number of hydrogen-bond donors (Lipinski definition) is 0. The summed E-state index contributed by atoms with van der Waals surface area (Å²) >= 11 is 0. The van der Waals surface area contributed by atoms with Gasteiger partial charge in [0.2, 0.25) is 0 Å². The van der Waals surface area contributed by atoms with E-state index in [0.717, 1.165) is 17.6 Å². The fourth-order valence-electron chi connectivity index (χ4n) is 0.651. The summed E-state index contributed by atoms with van der Waals surface area (Å²) in [6.45, 7) is 11.5. The molecule has 0 bridgehead atoms. The van der Waals surface area contributed by atoms with Crippen molar-refractivity contribution in [2.45, 2.75) is 20.3 Å². The average Bonchev–Trinajstić information content (AvgIpc) is 1.99. The van der Waals surface area contributed by atoms with Crippen LogP contribution in [0.5, 0.6) is 0 Å². The summed E-state index contributed by atoms with van der Waals surface area (Å²) in [5, 5.41) is 0. The van der Waals surface area contributed by atoms with Crippen LogP contribution < -0.4 is 0 Å².